The van der Waals surface area contributed by atoms with Gasteiger partial charge in [-0.05, 0) is 68.0 Å². The highest BCUT2D eigenvalue weighted by atomic mass is 16.5. The second-order valence-corrected chi connectivity index (χ2v) is 11.2. The summed E-state index contributed by atoms with van der Waals surface area (Å²) in [6, 6.07) is 12.5. The molecule has 0 spiro atoms. The van der Waals surface area contributed by atoms with Crippen molar-refractivity contribution in [2.75, 3.05) is 33.3 Å². The van der Waals surface area contributed by atoms with Gasteiger partial charge in [0.15, 0.2) is 11.5 Å². The van der Waals surface area contributed by atoms with Gasteiger partial charge in [0.05, 0.1) is 26.3 Å². The van der Waals surface area contributed by atoms with E-state index in [1.165, 1.54) is 0 Å². The SMILES string of the molecule is COCC12CC(NC(=O)C3(C(=O)Nc4ccc(Oc5ccnc6cc(OC)c(OC)cc56)cc4)CC3)(C1)[C@@H]2C. The number of hydrogen-bond acceptors (Lipinski definition) is 7. The van der Waals surface area contributed by atoms with Gasteiger partial charge in [0, 0.05) is 41.4 Å². The number of carbonyl (C=O) groups excluding carboxylic acids is 2. The summed E-state index contributed by atoms with van der Waals surface area (Å²) in [5, 5.41) is 6.94. The van der Waals surface area contributed by atoms with Gasteiger partial charge in [-0.1, -0.05) is 6.92 Å². The summed E-state index contributed by atoms with van der Waals surface area (Å²) in [5.74, 6) is 2.32. The zero-order valence-corrected chi connectivity index (χ0v) is 22.6. The Morgan fingerprint density at radius 3 is 2.26 bits per heavy atom. The summed E-state index contributed by atoms with van der Waals surface area (Å²) in [7, 11) is 4.88. The number of carbonyl (C=O) groups is 2. The van der Waals surface area contributed by atoms with Crippen LogP contribution in [0.1, 0.15) is 32.6 Å². The van der Waals surface area contributed by atoms with Crippen molar-refractivity contribution in [3.8, 4) is 23.0 Å². The fourth-order valence-corrected chi connectivity index (χ4v) is 6.40. The van der Waals surface area contributed by atoms with Crippen molar-refractivity contribution in [2.45, 2.75) is 38.1 Å². The van der Waals surface area contributed by atoms with E-state index < -0.39 is 5.41 Å². The van der Waals surface area contributed by atoms with Gasteiger partial charge < -0.3 is 29.6 Å². The Kier molecular flexibility index (Phi) is 5.95. The molecule has 1 aromatic heterocycles. The highest BCUT2D eigenvalue weighted by Crippen LogP contribution is 2.71. The molecular formula is C30H33N3O6. The van der Waals surface area contributed by atoms with Gasteiger partial charge in [-0.2, -0.15) is 0 Å². The van der Waals surface area contributed by atoms with Gasteiger partial charge in [0.1, 0.15) is 16.9 Å². The van der Waals surface area contributed by atoms with Crippen molar-refractivity contribution in [1.29, 1.82) is 0 Å². The van der Waals surface area contributed by atoms with E-state index in [0.29, 0.717) is 53.0 Å². The van der Waals surface area contributed by atoms with E-state index >= 15 is 0 Å². The van der Waals surface area contributed by atoms with Gasteiger partial charge in [0.25, 0.3) is 0 Å². The maximum atomic E-state index is 13.2. The van der Waals surface area contributed by atoms with Gasteiger partial charge in [-0.3, -0.25) is 14.6 Å². The maximum absolute atomic E-state index is 13.2. The molecule has 3 aromatic rings. The molecule has 9 nitrogen and oxygen atoms in total. The third-order valence-electron chi connectivity index (χ3n) is 9.04. The highest BCUT2D eigenvalue weighted by molar-refractivity contribution is 6.13. The Morgan fingerprint density at radius 1 is 0.949 bits per heavy atom. The van der Waals surface area contributed by atoms with Crippen molar-refractivity contribution in [1.82, 2.24) is 10.3 Å². The molecule has 4 aliphatic rings. The number of nitrogens with one attached hydrogen (secondary N) is 2. The maximum Gasteiger partial charge on any atom is 0.240 e. The molecule has 2 bridgehead atoms. The lowest BCUT2D eigenvalue weighted by atomic mass is 9.33. The molecule has 4 fully saturated rings. The molecule has 204 valence electrons. The van der Waals surface area contributed by atoms with Crippen molar-refractivity contribution in [3.63, 3.8) is 0 Å². The number of benzene rings is 2. The topological polar surface area (TPSA) is 108 Å². The van der Waals surface area contributed by atoms with E-state index in [1.54, 1.807) is 63.9 Å². The highest BCUT2D eigenvalue weighted by Gasteiger charge is 2.75. The first-order valence-corrected chi connectivity index (χ1v) is 13.2. The number of nitrogens with zero attached hydrogens (tertiary/aromatic N) is 1. The number of anilines is 1. The number of pyridine rings is 1. The number of ether oxygens (including phenoxy) is 4. The van der Waals surface area contributed by atoms with Crippen LogP contribution in [0.5, 0.6) is 23.0 Å². The zero-order valence-electron chi connectivity index (χ0n) is 22.6. The van der Waals surface area contributed by atoms with Crippen molar-refractivity contribution in [2.24, 2.45) is 16.7 Å². The number of rotatable bonds is 10. The molecule has 4 aliphatic carbocycles. The lowest BCUT2D eigenvalue weighted by molar-refractivity contribution is -0.243. The molecule has 2 amide bonds. The fraction of sp³-hybridized carbons (Fsp3) is 0.433. The van der Waals surface area contributed by atoms with Gasteiger partial charge >= 0.3 is 0 Å². The quantitative estimate of drug-likeness (QED) is 0.365. The first kappa shape index (κ1) is 25.4. The molecule has 1 heterocycles. The average Bonchev–Trinajstić information content (AvgIpc) is 3.75. The fourth-order valence-electron chi connectivity index (χ4n) is 6.40. The molecule has 0 radical (unpaired) electrons. The molecule has 9 heteroatoms. The summed E-state index contributed by atoms with van der Waals surface area (Å²) in [5.41, 5.74) is 0.331. The van der Waals surface area contributed by atoms with E-state index in [2.05, 4.69) is 22.5 Å². The smallest absolute Gasteiger partial charge is 0.240 e. The molecule has 7 rings (SSSR count). The van der Waals surface area contributed by atoms with E-state index in [-0.39, 0.29) is 22.8 Å². The van der Waals surface area contributed by atoms with E-state index in [4.69, 9.17) is 18.9 Å². The first-order valence-electron chi connectivity index (χ1n) is 13.2. The molecule has 2 aromatic carbocycles. The standard InChI is InChI=1S/C30H33N3O6/c1-18-28(17-36-2)15-30(18,16-28)33-27(35)29(10-11-29)26(34)32-19-5-7-20(8-6-19)39-23-9-12-31-22-14-25(38-4)24(37-3)13-21(22)23/h5-9,12-14,18H,10-11,15-17H2,1-4H3,(H,32,34)(H,33,35)/t18-,28?,30?/m1/s1. The Bertz CT molecular complexity index is 1440. The van der Waals surface area contributed by atoms with E-state index in [9.17, 15) is 9.59 Å². The summed E-state index contributed by atoms with van der Waals surface area (Å²) < 4.78 is 22.3. The Balaban J connectivity index is 1.11. The van der Waals surface area contributed by atoms with Crippen LogP contribution in [0.25, 0.3) is 10.9 Å². The number of aromatic nitrogens is 1. The Morgan fingerprint density at radius 2 is 1.64 bits per heavy atom. The van der Waals surface area contributed by atoms with E-state index in [1.807, 2.05) is 6.07 Å². The van der Waals surface area contributed by atoms with Crippen LogP contribution >= 0.6 is 0 Å². The number of hydrogen-bond donors (Lipinski definition) is 2. The van der Waals surface area contributed by atoms with Crippen molar-refractivity contribution >= 4 is 28.4 Å². The molecule has 1 atom stereocenters. The summed E-state index contributed by atoms with van der Waals surface area (Å²) in [4.78, 5) is 30.8. The van der Waals surface area contributed by atoms with Crippen molar-refractivity contribution in [3.05, 3.63) is 48.7 Å². The van der Waals surface area contributed by atoms with Crippen LogP contribution in [0.15, 0.2) is 48.7 Å². The lowest BCUT2D eigenvalue weighted by Gasteiger charge is -2.75. The normalized spacial score (nSPS) is 25.6. The molecule has 4 saturated carbocycles. The first-order chi connectivity index (χ1) is 18.8. The average molecular weight is 532 g/mol. The van der Waals surface area contributed by atoms with Crippen LogP contribution in [0, 0.1) is 16.7 Å². The number of fused-ring (bicyclic) bond motifs is 1. The van der Waals surface area contributed by atoms with E-state index in [0.717, 1.165) is 24.8 Å². The molecule has 0 unspecified atom stereocenters. The predicted molar refractivity (Wildman–Crippen MR) is 145 cm³/mol. The van der Waals surface area contributed by atoms with Crippen molar-refractivity contribution < 1.29 is 28.5 Å². The third kappa shape index (κ3) is 3.98. The largest absolute Gasteiger partial charge is 0.493 e. The van der Waals surface area contributed by atoms with Crippen LogP contribution in [0.2, 0.25) is 0 Å². The van der Waals surface area contributed by atoms with Crippen LogP contribution in [0.4, 0.5) is 5.69 Å². The molecular weight excluding hydrogens is 498 g/mol. The summed E-state index contributed by atoms with van der Waals surface area (Å²) >= 11 is 0. The van der Waals surface area contributed by atoms with Crippen LogP contribution < -0.4 is 24.8 Å². The summed E-state index contributed by atoms with van der Waals surface area (Å²) in [6.45, 7) is 2.88. The predicted octanol–water partition coefficient (Wildman–Crippen LogP) is 4.69. The van der Waals surface area contributed by atoms with Gasteiger partial charge in [-0.15, -0.1) is 0 Å². The number of methoxy groups -OCH3 is 3. The minimum atomic E-state index is -0.991. The van der Waals surface area contributed by atoms with Gasteiger partial charge in [-0.25, -0.2) is 0 Å². The second-order valence-electron chi connectivity index (χ2n) is 11.2. The molecule has 39 heavy (non-hydrogen) atoms. The van der Waals surface area contributed by atoms with Crippen LogP contribution in [-0.4, -0.2) is 50.3 Å². The number of amides is 2. The molecule has 0 saturated heterocycles. The van der Waals surface area contributed by atoms with Crippen LogP contribution in [-0.2, 0) is 14.3 Å². The van der Waals surface area contributed by atoms with Gasteiger partial charge in [0.2, 0.25) is 11.8 Å². The monoisotopic (exact) mass is 531 g/mol. The molecule has 0 aliphatic heterocycles. The van der Waals surface area contributed by atoms with Crippen LogP contribution in [0.3, 0.4) is 0 Å². The molecule has 2 N–H and O–H groups in total. The minimum absolute atomic E-state index is 0.158. The third-order valence-corrected chi connectivity index (χ3v) is 9.04. The Labute approximate surface area is 227 Å². The lowest BCUT2D eigenvalue weighted by Crippen LogP contribution is -2.82. The second kappa shape index (κ2) is 9.12. The summed E-state index contributed by atoms with van der Waals surface area (Å²) in [6.07, 6.45) is 4.63. The zero-order chi connectivity index (χ0) is 27.4. The Hall–Kier alpha value is -3.85. The minimum Gasteiger partial charge on any atom is -0.493 e.